The number of carbonyl (C=O) groups excluding carboxylic acids is 1. The zero-order valence-corrected chi connectivity index (χ0v) is 27.7. The summed E-state index contributed by atoms with van der Waals surface area (Å²) < 4.78 is 20.4. The van der Waals surface area contributed by atoms with Gasteiger partial charge in [-0.25, -0.2) is 0 Å². The van der Waals surface area contributed by atoms with Crippen molar-refractivity contribution in [3.05, 3.63) is 0 Å². The molecular weight excluding hydrogens is 461 g/mol. The maximum atomic E-state index is 12.9. The van der Waals surface area contributed by atoms with Gasteiger partial charge in [0.2, 0.25) is 0 Å². The molecule has 4 nitrogen and oxygen atoms in total. The second-order valence-electron chi connectivity index (χ2n) is 14.8. The third-order valence-electron chi connectivity index (χ3n) is 9.04. The summed E-state index contributed by atoms with van der Waals surface area (Å²) in [6, 6.07) is 0. The molecule has 0 spiro atoms. The molecule has 0 bridgehead atoms. The van der Waals surface area contributed by atoms with Crippen molar-refractivity contribution in [2.24, 2.45) is 5.92 Å². The van der Waals surface area contributed by atoms with Crippen LogP contribution in [0.3, 0.4) is 0 Å². The van der Waals surface area contributed by atoms with Crippen LogP contribution in [0.5, 0.6) is 0 Å². The zero-order chi connectivity index (χ0) is 26.3. The van der Waals surface area contributed by atoms with Gasteiger partial charge in [-0.3, -0.25) is 4.79 Å². The molecule has 0 saturated heterocycles. The Labute approximate surface area is 209 Å². The highest BCUT2D eigenvalue weighted by Gasteiger charge is 2.48. The van der Waals surface area contributed by atoms with E-state index in [2.05, 4.69) is 102 Å². The topological polar surface area (TPSA) is 44.8 Å². The van der Waals surface area contributed by atoms with Gasteiger partial charge in [0.15, 0.2) is 25.0 Å². The van der Waals surface area contributed by atoms with Crippen molar-refractivity contribution in [3.8, 4) is 0 Å². The average Bonchev–Trinajstić information content (AvgIpc) is 2.53. The van der Waals surface area contributed by atoms with E-state index in [0.717, 1.165) is 6.42 Å². The van der Waals surface area contributed by atoms with E-state index in [1.165, 1.54) is 0 Å². The maximum Gasteiger partial charge on any atom is 0.192 e. The van der Waals surface area contributed by atoms with Crippen molar-refractivity contribution in [1.82, 2.24) is 0 Å². The molecule has 196 valence electrons. The fourth-order valence-corrected chi connectivity index (χ4v) is 7.28. The monoisotopic (exact) mass is 516 g/mol. The molecule has 1 rings (SSSR count). The Kier molecular flexibility index (Phi) is 9.74. The van der Waals surface area contributed by atoms with Crippen LogP contribution in [-0.2, 0) is 18.1 Å². The van der Waals surface area contributed by atoms with E-state index in [-0.39, 0.29) is 39.0 Å². The van der Waals surface area contributed by atoms with Crippen molar-refractivity contribution in [2.75, 3.05) is 6.61 Å². The van der Waals surface area contributed by atoms with Crippen LogP contribution in [0.4, 0.5) is 0 Å². The first-order chi connectivity index (χ1) is 14.4. The molecule has 0 N–H and O–H groups in total. The molecule has 2 atom stereocenters. The molecule has 1 saturated carbocycles. The molecular formula is C26H56O4Si3. The number of Topliss-reactive ketones (excluding diaryl/α,β-unsaturated/α-hetero) is 1. The van der Waals surface area contributed by atoms with Crippen LogP contribution < -0.4 is 0 Å². The first-order valence-electron chi connectivity index (χ1n) is 12.9. The van der Waals surface area contributed by atoms with Gasteiger partial charge in [0.1, 0.15) is 5.78 Å². The number of carbonyl (C=O) groups is 1. The first kappa shape index (κ1) is 31.2. The summed E-state index contributed by atoms with van der Waals surface area (Å²) in [5, 5.41) is 0.389. The Bertz CT molecular complexity index is 626. The van der Waals surface area contributed by atoms with Crippen LogP contribution in [0, 0.1) is 5.92 Å². The minimum Gasteiger partial charge on any atom is -0.417 e. The lowest BCUT2D eigenvalue weighted by Crippen LogP contribution is -2.54. The predicted molar refractivity (Wildman–Crippen MR) is 150 cm³/mol. The Morgan fingerprint density at radius 1 is 0.667 bits per heavy atom. The van der Waals surface area contributed by atoms with Crippen molar-refractivity contribution < 1.29 is 18.1 Å². The lowest BCUT2D eigenvalue weighted by atomic mass is 9.81. The molecule has 1 aliphatic rings. The molecule has 33 heavy (non-hydrogen) atoms. The Morgan fingerprint density at radius 3 is 1.30 bits per heavy atom. The first-order valence-corrected chi connectivity index (χ1v) is 21.6. The summed E-state index contributed by atoms with van der Waals surface area (Å²) in [4.78, 5) is 12.9. The standard InChI is InChI=1S/C26H56O4Si3/c1-24(2,3)31(10,11)28-17-16-21-22(29-32(12,13)25(4,5)6)18-20(27)19-23(21)30-33(14,15)26(7,8)9/h21-23H,16-19H2,1-15H3. The SMILES string of the molecule is CC(C)(C)[Si](C)(C)OCCC1C(O[Si](C)(C)C(C)(C)C)CC(=O)CC1O[Si](C)(C)C(C)(C)C. The van der Waals surface area contributed by atoms with E-state index in [1.54, 1.807) is 0 Å². The highest BCUT2D eigenvalue weighted by atomic mass is 28.4. The smallest absolute Gasteiger partial charge is 0.192 e. The summed E-state index contributed by atoms with van der Waals surface area (Å²) >= 11 is 0. The van der Waals surface area contributed by atoms with Gasteiger partial charge in [0.25, 0.3) is 0 Å². The molecule has 0 aromatic rings. The fraction of sp³-hybridized carbons (Fsp3) is 0.962. The minimum atomic E-state index is -2.02. The van der Waals surface area contributed by atoms with Gasteiger partial charge in [-0.05, 0) is 60.8 Å². The molecule has 1 aliphatic carbocycles. The van der Waals surface area contributed by atoms with E-state index in [4.69, 9.17) is 13.3 Å². The van der Waals surface area contributed by atoms with Crippen LogP contribution in [0.25, 0.3) is 0 Å². The van der Waals surface area contributed by atoms with Gasteiger partial charge in [0.05, 0.1) is 12.2 Å². The maximum absolute atomic E-state index is 12.9. The summed E-state index contributed by atoms with van der Waals surface area (Å²) in [5.74, 6) is 0.472. The molecule has 0 aromatic carbocycles. The van der Waals surface area contributed by atoms with Crippen molar-refractivity contribution in [1.29, 1.82) is 0 Å². The van der Waals surface area contributed by atoms with Gasteiger partial charge in [0, 0.05) is 25.4 Å². The molecule has 0 heterocycles. The van der Waals surface area contributed by atoms with Crippen LogP contribution in [-0.4, -0.2) is 49.6 Å². The third-order valence-corrected chi connectivity index (χ3v) is 22.6. The van der Waals surface area contributed by atoms with E-state index in [0.29, 0.717) is 19.4 Å². The Hall–Kier alpha value is 0.201. The predicted octanol–water partition coefficient (Wildman–Crippen LogP) is 8.16. The van der Waals surface area contributed by atoms with Gasteiger partial charge >= 0.3 is 0 Å². The van der Waals surface area contributed by atoms with Crippen LogP contribution in [0.2, 0.25) is 54.4 Å². The summed E-state index contributed by atoms with van der Waals surface area (Å²) in [7, 11) is -5.88. The number of hydrogen-bond donors (Lipinski definition) is 0. The van der Waals surface area contributed by atoms with E-state index < -0.39 is 25.0 Å². The Morgan fingerprint density at radius 2 is 1.00 bits per heavy atom. The summed E-state index contributed by atoms with van der Waals surface area (Å²) in [6.07, 6.45) is 1.75. The number of ketones is 1. The van der Waals surface area contributed by atoms with Crippen molar-refractivity contribution in [2.45, 2.75) is 148 Å². The van der Waals surface area contributed by atoms with E-state index in [1.807, 2.05) is 0 Å². The zero-order valence-electron chi connectivity index (χ0n) is 24.7. The van der Waals surface area contributed by atoms with Crippen LogP contribution in [0.1, 0.15) is 81.6 Å². The summed E-state index contributed by atoms with van der Waals surface area (Å²) in [6.45, 7) is 34.9. The van der Waals surface area contributed by atoms with Crippen LogP contribution in [0.15, 0.2) is 0 Å². The van der Waals surface area contributed by atoms with Gasteiger partial charge in [-0.15, -0.1) is 0 Å². The lowest BCUT2D eigenvalue weighted by Gasteiger charge is -2.48. The van der Waals surface area contributed by atoms with Crippen molar-refractivity contribution >= 4 is 30.7 Å². The third kappa shape index (κ3) is 8.10. The van der Waals surface area contributed by atoms with E-state index >= 15 is 0 Å². The number of hydrogen-bond acceptors (Lipinski definition) is 4. The van der Waals surface area contributed by atoms with E-state index in [9.17, 15) is 4.79 Å². The van der Waals surface area contributed by atoms with Gasteiger partial charge in [-0.1, -0.05) is 62.3 Å². The van der Waals surface area contributed by atoms with Gasteiger partial charge < -0.3 is 13.3 Å². The molecule has 0 aromatic heterocycles. The molecule has 1 fully saturated rings. The fourth-order valence-electron chi connectivity index (χ4n) is 3.48. The lowest BCUT2D eigenvalue weighted by molar-refractivity contribution is -0.130. The quantitative estimate of drug-likeness (QED) is 0.305. The Balaban J connectivity index is 3.22. The second-order valence-corrected chi connectivity index (χ2v) is 29.2. The van der Waals surface area contributed by atoms with Gasteiger partial charge in [-0.2, -0.15) is 0 Å². The largest absolute Gasteiger partial charge is 0.417 e. The minimum absolute atomic E-state index is 0.0788. The summed E-state index contributed by atoms with van der Waals surface area (Å²) in [5.41, 5.74) is 0. The van der Waals surface area contributed by atoms with Crippen molar-refractivity contribution in [3.63, 3.8) is 0 Å². The normalized spacial score (nSPS) is 24.3. The number of rotatable bonds is 8. The highest BCUT2D eigenvalue weighted by molar-refractivity contribution is 6.75. The highest BCUT2D eigenvalue weighted by Crippen LogP contribution is 2.44. The molecule has 0 aliphatic heterocycles. The molecule has 2 unspecified atom stereocenters. The van der Waals surface area contributed by atoms with Crippen LogP contribution >= 0.6 is 0 Å². The molecule has 0 radical (unpaired) electrons. The molecule has 7 heteroatoms. The average molecular weight is 517 g/mol. The second kappa shape index (κ2) is 10.3. The molecule has 0 amide bonds.